The van der Waals surface area contributed by atoms with Gasteiger partial charge in [-0.3, -0.25) is 10.1 Å². The average Bonchev–Trinajstić information content (AvgIpc) is 2.42. The van der Waals surface area contributed by atoms with Gasteiger partial charge in [0.25, 0.3) is 5.69 Å². The number of nitro groups is 1. The molecule has 0 bridgehead atoms. The number of benzene rings is 2. The molecule has 1 atom stereocenters. The normalized spacial score (nSPS) is 12.0. The lowest BCUT2D eigenvalue weighted by Crippen LogP contribution is -2.04. The summed E-state index contributed by atoms with van der Waals surface area (Å²) in [6.45, 7) is 1.87. The first-order chi connectivity index (χ1) is 9.88. The number of nitro benzene ring substituents is 1. The van der Waals surface area contributed by atoms with Crippen LogP contribution in [0.1, 0.15) is 18.5 Å². The fourth-order valence-corrected chi connectivity index (χ4v) is 2.32. The summed E-state index contributed by atoms with van der Waals surface area (Å²) < 4.78 is 6.34. The molecule has 0 fully saturated rings. The molecule has 2 rings (SSSR count). The first kappa shape index (κ1) is 15.8. The Hall–Kier alpha value is -1.63. The minimum atomic E-state index is -0.503. The van der Waals surface area contributed by atoms with Crippen molar-refractivity contribution in [1.82, 2.24) is 0 Å². The molecule has 7 heteroatoms. The van der Waals surface area contributed by atoms with Crippen molar-refractivity contribution < 1.29 is 9.66 Å². The second-order valence-electron chi connectivity index (χ2n) is 4.45. The van der Waals surface area contributed by atoms with Crippen molar-refractivity contribution in [3.05, 3.63) is 61.6 Å². The number of nitrogens with zero attached hydrogens (tertiary/aromatic N) is 1. The third-order valence-electron chi connectivity index (χ3n) is 2.83. The Labute approximate surface area is 134 Å². The van der Waals surface area contributed by atoms with Crippen molar-refractivity contribution in [3.63, 3.8) is 0 Å². The summed E-state index contributed by atoms with van der Waals surface area (Å²) in [6, 6.07) is 9.34. The standard InChI is InChI=1S/C14H12BrClN2O3/c1-8(17)9-2-5-13(11(15)6-9)21-14-7-10(18(19)20)3-4-12(14)16/h2-8H,17H2,1H3/t8-/m1/s1. The number of halogens is 2. The van der Waals surface area contributed by atoms with Crippen LogP contribution in [0.4, 0.5) is 5.69 Å². The largest absolute Gasteiger partial charge is 0.454 e. The predicted octanol–water partition coefficient (Wildman–Crippen LogP) is 4.82. The van der Waals surface area contributed by atoms with E-state index in [4.69, 9.17) is 22.1 Å². The Kier molecular flexibility index (Phi) is 4.82. The highest BCUT2D eigenvalue weighted by molar-refractivity contribution is 9.10. The number of hydrogen-bond donors (Lipinski definition) is 1. The molecule has 0 aliphatic rings. The van der Waals surface area contributed by atoms with Crippen LogP contribution >= 0.6 is 27.5 Å². The van der Waals surface area contributed by atoms with E-state index in [0.29, 0.717) is 15.2 Å². The molecule has 2 aromatic carbocycles. The van der Waals surface area contributed by atoms with Gasteiger partial charge in [-0.2, -0.15) is 0 Å². The summed E-state index contributed by atoms with van der Waals surface area (Å²) in [5.74, 6) is 0.724. The zero-order valence-electron chi connectivity index (χ0n) is 11.0. The number of rotatable bonds is 4. The van der Waals surface area contributed by atoms with E-state index in [1.54, 1.807) is 6.07 Å². The highest BCUT2D eigenvalue weighted by atomic mass is 79.9. The minimum Gasteiger partial charge on any atom is -0.454 e. The molecule has 0 saturated heterocycles. The second kappa shape index (κ2) is 6.43. The van der Waals surface area contributed by atoms with Gasteiger partial charge in [-0.1, -0.05) is 17.7 Å². The SMILES string of the molecule is C[C@@H](N)c1ccc(Oc2cc([N+](=O)[O-])ccc2Cl)c(Br)c1. The van der Waals surface area contributed by atoms with E-state index in [-0.39, 0.29) is 17.5 Å². The van der Waals surface area contributed by atoms with Crippen molar-refractivity contribution in [3.8, 4) is 11.5 Å². The van der Waals surface area contributed by atoms with Crippen molar-refractivity contribution in [2.45, 2.75) is 13.0 Å². The molecule has 110 valence electrons. The van der Waals surface area contributed by atoms with Gasteiger partial charge in [0, 0.05) is 12.1 Å². The lowest BCUT2D eigenvalue weighted by Gasteiger charge is -2.12. The first-order valence-corrected chi connectivity index (χ1v) is 7.22. The monoisotopic (exact) mass is 370 g/mol. The average molecular weight is 372 g/mol. The summed E-state index contributed by atoms with van der Waals surface area (Å²) in [7, 11) is 0. The lowest BCUT2D eigenvalue weighted by molar-refractivity contribution is -0.384. The maximum absolute atomic E-state index is 10.8. The summed E-state index contributed by atoms with van der Waals surface area (Å²) in [5, 5.41) is 11.1. The smallest absolute Gasteiger partial charge is 0.273 e. The topological polar surface area (TPSA) is 78.4 Å². The van der Waals surface area contributed by atoms with Gasteiger partial charge >= 0.3 is 0 Å². The molecule has 0 aromatic heterocycles. The molecule has 0 unspecified atom stereocenters. The maximum atomic E-state index is 10.8. The van der Waals surface area contributed by atoms with Gasteiger partial charge in [0.05, 0.1) is 20.5 Å². The highest BCUT2D eigenvalue weighted by Crippen LogP contribution is 2.36. The van der Waals surface area contributed by atoms with Gasteiger partial charge in [0.15, 0.2) is 5.75 Å². The van der Waals surface area contributed by atoms with Crippen molar-refractivity contribution in [1.29, 1.82) is 0 Å². The highest BCUT2D eigenvalue weighted by Gasteiger charge is 2.13. The van der Waals surface area contributed by atoms with E-state index < -0.39 is 4.92 Å². The van der Waals surface area contributed by atoms with Crippen LogP contribution in [0.3, 0.4) is 0 Å². The zero-order chi connectivity index (χ0) is 15.6. The fourth-order valence-electron chi connectivity index (χ4n) is 1.69. The number of nitrogens with two attached hydrogens (primary N) is 1. The Balaban J connectivity index is 2.34. The van der Waals surface area contributed by atoms with E-state index in [1.807, 2.05) is 19.1 Å². The predicted molar refractivity (Wildman–Crippen MR) is 84.9 cm³/mol. The minimum absolute atomic E-state index is 0.0854. The van der Waals surface area contributed by atoms with Gasteiger partial charge in [0.1, 0.15) is 5.75 Å². The van der Waals surface area contributed by atoms with Crippen LogP contribution in [-0.2, 0) is 0 Å². The summed E-state index contributed by atoms with van der Waals surface area (Å²) >= 11 is 9.39. The number of hydrogen-bond acceptors (Lipinski definition) is 4. The molecule has 0 radical (unpaired) electrons. The van der Waals surface area contributed by atoms with Gasteiger partial charge < -0.3 is 10.5 Å². The molecule has 0 spiro atoms. The molecule has 2 N–H and O–H groups in total. The van der Waals surface area contributed by atoms with Crippen molar-refractivity contribution in [2.75, 3.05) is 0 Å². The maximum Gasteiger partial charge on any atom is 0.273 e. The van der Waals surface area contributed by atoms with E-state index in [1.165, 1.54) is 18.2 Å². The molecule has 0 saturated carbocycles. The van der Waals surface area contributed by atoms with Gasteiger partial charge in [-0.15, -0.1) is 0 Å². The third kappa shape index (κ3) is 3.72. The van der Waals surface area contributed by atoms with Gasteiger partial charge in [-0.05, 0) is 46.6 Å². The zero-order valence-corrected chi connectivity index (χ0v) is 13.4. The Morgan fingerprint density at radius 2 is 2.00 bits per heavy atom. The summed E-state index contributed by atoms with van der Waals surface area (Å²) in [6.07, 6.45) is 0. The molecular weight excluding hydrogens is 360 g/mol. The van der Waals surface area contributed by atoms with Gasteiger partial charge in [0.2, 0.25) is 0 Å². The van der Waals surface area contributed by atoms with E-state index in [0.717, 1.165) is 5.56 Å². The van der Waals surface area contributed by atoms with E-state index in [9.17, 15) is 10.1 Å². The van der Waals surface area contributed by atoms with E-state index >= 15 is 0 Å². The molecular formula is C14H12BrClN2O3. The van der Waals surface area contributed by atoms with E-state index in [2.05, 4.69) is 15.9 Å². The third-order valence-corrected chi connectivity index (χ3v) is 3.76. The molecule has 2 aromatic rings. The fraction of sp³-hybridized carbons (Fsp3) is 0.143. The molecule has 0 heterocycles. The van der Waals surface area contributed by atoms with Crippen LogP contribution in [0.2, 0.25) is 5.02 Å². The van der Waals surface area contributed by atoms with Crippen molar-refractivity contribution >= 4 is 33.2 Å². The molecule has 21 heavy (non-hydrogen) atoms. The number of non-ortho nitro benzene ring substituents is 1. The lowest BCUT2D eigenvalue weighted by atomic mass is 10.1. The molecule has 0 aliphatic heterocycles. The Bertz CT molecular complexity index is 692. The van der Waals surface area contributed by atoms with Crippen molar-refractivity contribution in [2.24, 2.45) is 5.73 Å². The second-order valence-corrected chi connectivity index (χ2v) is 5.71. The van der Waals surface area contributed by atoms with Crippen LogP contribution < -0.4 is 10.5 Å². The van der Waals surface area contributed by atoms with Crippen LogP contribution in [0.5, 0.6) is 11.5 Å². The Morgan fingerprint density at radius 1 is 1.29 bits per heavy atom. The van der Waals surface area contributed by atoms with Crippen LogP contribution in [-0.4, -0.2) is 4.92 Å². The summed E-state index contributed by atoms with van der Waals surface area (Å²) in [5.41, 5.74) is 6.66. The van der Waals surface area contributed by atoms with Crippen LogP contribution in [0.15, 0.2) is 40.9 Å². The molecule has 5 nitrogen and oxygen atoms in total. The molecule has 0 aliphatic carbocycles. The van der Waals surface area contributed by atoms with Crippen LogP contribution in [0.25, 0.3) is 0 Å². The van der Waals surface area contributed by atoms with Crippen LogP contribution in [0, 0.1) is 10.1 Å². The first-order valence-electron chi connectivity index (χ1n) is 6.05. The number of ether oxygens (including phenoxy) is 1. The summed E-state index contributed by atoms with van der Waals surface area (Å²) in [4.78, 5) is 10.3. The van der Waals surface area contributed by atoms with Gasteiger partial charge in [-0.25, -0.2) is 0 Å². The molecule has 0 amide bonds. The quantitative estimate of drug-likeness (QED) is 0.617. The Morgan fingerprint density at radius 3 is 2.57 bits per heavy atom.